The molecule has 5 rings (SSSR count). The van der Waals surface area contributed by atoms with Crippen LogP contribution in [0.25, 0.3) is 0 Å². The van der Waals surface area contributed by atoms with Crippen molar-refractivity contribution in [3.63, 3.8) is 0 Å². The van der Waals surface area contributed by atoms with E-state index in [2.05, 4.69) is 11.4 Å². The van der Waals surface area contributed by atoms with Gasteiger partial charge in [-0.15, -0.1) is 0 Å². The van der Waals surface area contributed by atoms with Crippen LogP contribution < -0.4 is 14.8 Å². The summed E-state index contributed by atoms with van der Waals surface area (Å²) in [6.45, 7) is 1.52. The number of benzene rings is 2. The van der Waals surface area contributed by atoms with Gasteiger partial charge in [-0.3, -0.25) is 9.59 Å². The van der Waals surface area contributed by atoms with Gasteiger partial charge in [0.1, 0.15) is 13.2 Å². The Labute approximate surface area is 181 Å². The van der Waals surface area contributed by atoms with Crippen molar-refractivity contribution in [3.05, 3.63) is 65.9 Å². The van der Waals surface area contributed by atoms with Gasteiger partial charge in [0.15, 0.2) is 11.5 Å². The first-order valence-electron chi connectivity index (χ1n) is 10.9. The number of nitrogens with one attached hydrogen (secondary N) is 1. The maximum atomic E-state index is 13.6. The fraction of sp³-hybridized carbons (Fsp3) is 0.360. The molecule has 31 heavy (non-hydrogen) atoms. The van der Waals surface area contributed by atoms with E-state index in [1.165, 1.54) is 0 Å². The number of carbonyl (C=O) groups is 2. The lowest BCUT2D eigenvalue weighted by Gasteiger charge is -2.46. The minimum absolute atomic E-state index is 0.0549. The number of rotatable bonds is 4. The number of likely N-dealkylation sites (tertiary alicyclic amines) is 1. The number of hydrogen-bond donors (Lipinski definition) is 1. The predicted molar refractivity (Wildman–Crippen MR) is 117 cm³/mol. The van der Waals surface area contributed by atoms with Crippen molar-refractivity contribution in [2.75, 3.05) is 18.5 Å². The molecule has 0 radical (unpaired) electrons. The highest BCUT2D eigenvalue weighted by Crippen LogP contribution is 2.48. The van der Waals surface area contributed by atoms with Crippen molar-refractivity contribution < 1.29 is 19.1 Å². The summed E-state index contributed by atoms with van der Waals surface area (Å²) < 4.78 is 11.2. The summed E-state index contributed by atoms with van der Waals surface area (Å²) >= 11 is 0. The third-order valence-corrected chi connectivity index (χ3v) is 6.41. The van der Waals surface area contributed by atoms with E-state index in [4.69, 9.17) is 9.47 Å². The normalized spacial score (nSPS) is 22.4. The molecule has 2 aliphatic heterocycles. The highest BCUT2D eigenvalue weighted by atomic mass is 16.6. The lowest BCUT2D eigenvalue weighted by atomic mass is 9.69. The fourth-order valence-electron chi connectivity index (χ4n) is 4.83. The number of hydrogen-bond acceptors (Lipinski definition) is 4. The van der Waals surface area contributed by atoms with Gasteiger partial charge in [-0.05, 0) is 43.4 Å². The van der Waals surface area contributed by atoms with E-state index >= 15 is 0 Å². The minimum atomic E-state index is -0.686. The van der Waals surface area contributed by atoms with Crippen molar-refractivity contribution >= 4 is 17.5 Å². The number of piperidine rings is 1. The molecule has 2 aromatic rings. The lowest BCUT2D eigenvalue weighted by molar-refractivity contribution is -0.138. The monoisotopic (exact) mass is 418 g/mol. The first kappa shape index (κ1) is 19.7. The van der Waals surface area contributed by atoms with Gasteiger partial charge in [-0.1, -0.05) is 36.4 Å². The van der Waals surface area contributed by atoms with Crippen molar-refractivity contribution in [1.29, 1.82) is 0 Å². The third-order valence-electron chi connectivity index (χ3n) is 6.41. The molecule has 0 bridgehead atoms. The van der Waals surface area contributed by atoms with Crippen LogP contribution in [0.15, 0.2) is 60.3 Å². The van der Waals surface area contributed by atoms with Gasteiger partial charge >= 0.3 is 0 Å². The molecule has 6 nitrogen and oxygen atoms in total. The number of anilines is 1. The van der Waals surface area contributed by atoms with Crippen molar-refractivity contribution in [3.8, 4) is 11.5 Å². The molecule has 0 aromatic heterocycles. The quantitative estimate of drug-likeness (QED) is 0.805. The second-order valence-electron chi connectivity index (χ2n) is 8.34. The van der Waals surface area contributed by atoms with Gasteiger partial charge in [0.25, 0.3) is 0 Å². The molecular formula is C25H26N2O4. The van der Waals surface area contributed by atoms with E-state index in [0.717, 1.165) is 30.5 Å². The summed E-state index contributed by atoms with van der Waals surface area (Å²) in [5.74, 6) is 1.36. The van der Waals surface area contributed by atoms with E-state index in [-0.39, 0.29) is 11.8 Å². The molecule has 160 valence electrons. The van der Waals surface area contributed by atoms with Crippen molar-refractivity contribution in [2.45, 2.75) is 38.6 Å². The molecule has 2 heterocycles. The number of allylic oxidation sites excluding steroid dienone is 1. The molecule has 6 heteroatoms. The molecule has 1 unspecified atom stereocenters. The van der Waals surface area contributed by atoms with Crippen molar-refractivity contribution in [1.82, 2.24) is 4.90 Å². The zero-order valence-corrected chi connectivity index (χ0v) is 17.4. The molecule has 1 saturated heterocycles. The zero-order valence-electron chi connectivity index (χ0n) is 17.4. The Balaban J connectivity index is 1.42. The topological polar surface area (TPSA) is 67.9 Å². The van der Waals surface area contributed by atoms with Gasteiger partial charge in [0.2, 0.25) is 11.8 Å². The first-order chi connectivity index (χ1) is 15.2. The second kappa shape index (κ2) is 8.10. The molecule has 3 aliphatic rings. The summed E-state index contributed by atoms with van der Waals surface area (Å²) in [5.41, 5.74) is 1.91. The summed E-state index contributed by atoms with van der Waals surface area (Å²) in [6, 6.07) is 15.4. The average Bonchev–Trinajstić information content (AvgIpc) is 2.81. The Bertz CT molecular complexity index is 1030. The highest BCUT2D eigenvalue weighted by molar-refractivity contribution is 5.99. The van der Waals surface area contributed by atoms with Gasteiger partial charge < -0.3 is 19.7 Å². The number of fused-ring (bicyclic) bond motifs is 2. The molecule has 1 N–H and O–H groups in total. The molecule has 1 atom stereocenters. The minimum Gasteiger partial charge on any atom is -0.486 e. The molecule has 2 amide bonds. The number of nitrogens with zero attached hydrogens (tertiary/aromatic N) is 1. The van der Waals surface area contributed by atoms with Gasteiger partial charge in [0, 0.05) is 23.9 Å². The predicted octanol–water partition coefficient (Wildman–Crippen LogP) is 4.27. The van der Waals surface area contributed by atoms with Crippen LogP contribution in [0.2, 0.25) is 0 Å². The van der Waals surface area contributed by atoms with Crippen LogP contribution in [0.1, 0.15) is 37.7 Å². The maximum absolute atomic E-state index is 13.6. The van der Waals surface area contributed by atoms with E-state index in [1.54, 1.807) is 0 Å². The Kier molecular flexibility index (Phi) is 5.14. The van der Waals surface area contributed by atoms with Crippen LogP contribution in [0, 0.1) is 5.41 Å². The fourth-order valence-corrected chi connectivity index (χ4v) is 4.83. The smallest absolute Gasteiger partial charge is 0.236 e. The second-order valence-corrected chi connectivity index (χ2v) is 8.34. The zero-order chi connectivity index (χ0) is 21.3. The largest absolute Gasteiger partial charge is 0.486 e. The van der Waals surface area contributed by atoms with Crippen LogP contribution >= 0.6 is 0 Å². The first-order valence-corrected chi connectivity index (χ1v) is 10.9. The number of ether oxygens (including phenoxy) is 2. The van der Waals surface area contributed by atoms with Crippen LogP contribution in [0.3, 0.4) is 0 Å². The summed E-state index contributed by atoms with van der Waals surface area (Å²) in [4.78, 5) is 28.3. The summed E-state index contributed by atoms with van der Waals surface area (Å²) in [6.07, 6.45) is 5.57. The van der Waals surface area contributed by atoms with Crippen LogP contribution in [0.5, 0.6) is 11.5 Å². The van der Waals surface area contributed by atoms with E-state index < -0.39 is 5.41 Å². The third kappa shape index (κ3) is 3.67. The SMILES string of the molecule is O=C1CCC2(C(=O)Nc3ccc4c(c3)OCCO4)CCCC=C2N1Cc1ccccc1. The average molecular weight is 418 g/mol. The molecular weight excluding hydrogens is 392 g/mol. The number of amides is 2. The Morgan fingerprint density at radius 1 is 1.03 bits per heavy atom. The molecule has 2 aromatic carbocycles. The summed E-state index contributed by atoms with van der Waals surface area (Å²) in [5, 5.41) is 3.10. The van der Waals surface area contributed by atoms with Crippen LogP contribution in [0.4, 0.5) is 5.69 Å². The Morgan fingerprint density at radius 3 is 2.68 bits per heavy atom. The molecule has 1 aliphatic carbocycles. The molecule has 0 spiro atoms. The van der Waals surface area contributed by atoms with Crippen molar-refractivity contribution in [2.24, 2.45) is 5.41 Å². The van der Waals surface area contributed by atoms with E-state index in [1.807, 2.05) is 53.4 Å². The highest BCUT2D eigenvalue weighted by Gasteiger charge is 2.49. The number of carbonyl (C=O) groups excluding carboxylic acids is 2. The van der Waals surface area contributed by atoms with Gasteiger partial charge in [0.05, 0.1) is 12.0 Å². The van der Waals surface area contributed by atoms with E-state index in [9.17, 15) is 9.59 Å². The Morgan fingerprint density at radius 2 is 1.84 bits per heavy atom. The molecule has 1 fully saturated rings. The standard InChI is InChI=1S/C25H26N2O4/c28-23-11-13-25(24(29)26-19-9-10-20-21(16-19)31-15-14-30-20)12-5-4-8-22(25)27(23)17-18-6-2-1-3-7-18/h1-3,6-10,16H,4-5,11-15,17H2,(H,26,29). The van der Waals surface area contributed by atoms with Gasteiger partial charge in [-0.25, -0.2) is 0 Å². The Hall–Kier alpha value is -3.28. The molecule has 0 saturated carbocycles. The maximum Gasteiger partial charge on any atom is 0.236 e. The summed E-state index contributed by atoms with van der Waals surface area (Å²) in [7, 11) is 0. The van der Waals surface area contributed by atoms with E-state index in [0.29, 0.717) is 49.8 Å². The van der Waals surface area contributed by atoms with Gasteiger partial charge in [-0.2, -0.15) is 0 Å². The van der Waals surface area contributed by atoms with Crippen LogP contribution in [-0.4, -0.2) is 29.9 Å². The van der Waals surface area contributed by atoms with Crippen LogP contribution in [-0.2, 0) is 16.1 Å². The lowest BCUT2D eigenvalue weighted by Crippen LogP contribution is -2.50.